The molecule has 1 fully saturated rings. The number of benzene rings is 1. The zero-order chi connectivity index (χ0) is 19.6. The molecular weight excluding hydrogens is 372 g/mol. The van der Waals surface area contributed by atoms with Crippen LogP contribution in [0.4, 0.5) is 5.13 Å². The largest absolute Gasteiger partial charge is 0.493 e. The van der Waals surface area contributed by atoms with Crippen molar-refractivity contribution in [1.82, 2.24) is 15.1 Å². The monoisotopic (exact) mass is 392 g/mol. The van der Waals surface area contributed by atoms with Crippen molar-refractivity contribution in [1.29, 1.82) is 0 Å². The lowest BCUT2D eigenvalue weighted by Crippen LogP contribution is -2.25. The van der Waals surface area contributed by atoms with Gasteiger partial charge in [0.05, 0.1) is 27.2 Å². The third-order valence-electron chi connectivity index (χ3n) is 4.28. The number of anilines is 1. The van der Waals surface area contributed by atoms with Crippen molar-refractivity contribution < 1.29 is 23.8 Å². The number of hydrogen-bond donors (Lipinski definition) is 1. The minimum Gasteiger partial charge on any atom is -0.493 e. The second-order valence-electron chi connectivity index (χ2n) is 5.99. The summed E-state index contributed by atoms with van der Waals surface area (Å²) in [5.41, 5.74) is 0.721. The van der Waals surface area contributed by atoms with Crippen molar-refractivity contribution in [2.45, 2.75) is 6.42 Å². The highest BCUT2D eigenvalue weighted by Crippen LogP contribution is 2.42. The molecule has 1 N–H and O–H groups in total. The average Bonchev–Trinajstić information content (AvgIpc) is 3.27. The number of carbonyl (C=O) groups excluding carboxylic acids is 2. The Bertz CT molecular complexity index is 844. The van der Waals surface area contributed by atoms with Crippen LogP contribution in [0, 0.1) is 5.92 Å². The Morgan fingerprint density at radius 1 is 1.19 bits per heavy atom. The molecule has 0 saturated carbocycles. The molecule has 0 radical (unpaired) electrons. The number of nitrogens with one attached hydrogen (secondary N) is 1. The van der Waals surface area contributed by atoms with Crippen molar-refractivity contribution in [3.8, 4) is 27.8 Å². The molecule has 10 heteroatoms. The van der Waals surface area contributed by atoms with Crippen LogP contribution in [0.25, 0.3) is 10.6 Å². The van der Waals surface area contributed by atoms with E-state index in [4.69, 9.17) is 14.2 Å². The Morgan fingerprint density at radius 3 is 2.37 bits per heavy atom. The van der Waals surface area contributed by atoms with Gasteiger partial charge >= 0.3 is 0 Å². The summed E-state index contributed by atoms with van der Waals surface area (Å²) in [7, 11) is 6.28. The summed E-state index contributed by atoms with van der Waals surface area (Å²) in [5, 5.41) is 11.8. The fraction of sp³-hybridized carbons (Fsp3) is 0.412. The highest BCUT2D eigenvalue weighted by Gasteiger charge is 2.32. The van der Waals surface area contributed by atoms with E-state index in [1.165, 1.54) is 32.7 Å². The number of nitrogens with zero attached hydrogens (tertiary/aromatic N) is 3. The third-order valence-corrected chi connectivity index (χ3v) is 5.17. The Hall–Kier alpha value is -2.88. The lowest BCUT2D eigenvalue weighted by atomic mass is 10.1. The van der Waals surface area contributed by atoms with E-state index >= 15 is 0 Å². The Kier molecular flexibility index (Phi) is 5.45. The predicted octanol–water partition coefficient (Wildman–Crippen LogP) is 1.65. The predicted molar refractivity (Wildman–Crippen MR) is 99.4 cm³/mol. The molecule has 1 atom stereocenters. The quantitative estimate of drug-likeness (QED) is 0.797. The Labute approximate surface area is 160 Å². The maximum absolute atomic E-state index is 12.3. The lowest BCUT2D eigenvalue weighted by Gasteiger charge is -2.13. The molecule has 1 aliphatic rings. The first kappa shape index (κ1) is 18.9. The van der Waals surface area contributed by atoms with Crippen LogP contribution in [0.5, 0.6) is 17.2 Å². The number of likely N-dealkylation sites (tertiary alicyclic amines) is 1. The van der Waals surface area contributed by atoms with Crippen LogP contribution in [0.15, 0.2) is 12.1 Å². The number of ether oxygens (including phenoxy) is 3. The van der Waals surface area contributed by atoms with Crippen LogP contribution < -0.4 is 19.5 Å². The fourth-order valence-corrected chi connectivity index (χ4v) is 3.58. The highest BCUT2D eigenvalue weighted by atomic mass is 32.1. The van der Waals surface area contributed by atoms with Crippen LogP contribution in [-0.4, -0.2) is 61.8 Å². The molecule has 1 unspecified atom stereocenters. The summed E-state index contributed by atoms with van der Waals surface area (Å²) in [6, 6.07) is 3.52. The average molecular weight is 392 g/mol. The van der Waals surface area contributed by atoms with E-state index in [2.05, 4.69) is 15.5 Å². The van der Waals surface area contributed by atoms with Gasteiger partial charge in [0, 0.05) is 25.6 Å². The van der Waals surface area contributed by atoms with Crippen molar-refractivity contribution in [3.05, 3.63) is 12.1 Å². The van der Waals surface area contributed by atoms with Gasteiger partial charge in [0.1, 0.15) is 5.01 Å². The molecule has 1 aromatic heterocycles. The zero-order valence-electron chi connectivity index (χ0n) is 15.4. The van der Waals surface area contributed by atoms with Gasteiger partial charge in [-0.2, -0.15) is 0 Å². The first-order valence-electron chi connectivity index (χ1n) is 8.15. The summed E-state index contributed by atoms with van der Waals surface area (Å²) in [4.78, 5) is 25.5. The topological polar surface area (TPSA) is 103 Å². The van der Waals surface area contributed by atoms with Crippen LogP contribution in [-0.2, 0) is 9.59 Å². The van der Waals surface area contributed by atoms with Crippen LogP contribution in [0.1, 0.15) is 6.42 Å². The molecule has 3 rings (SSSR count). The summed E-state index contributed by atoms with van der Waals surface area (Å²) >= 11 is 1.22. The molecule has 9 nitrogen and oxygen atoms in total. The van der Waals surface area contributed by atoms with Crippen molar-refractivity contribution >= 4 is 28.3 Å². The highest BCUT2D eigenvalue weighted by molar-refractivity contribution is 7.18. The molecule has 27 heavy (non-hydrogen) atoms. The minimum absolute atomic E-state index is 0.0366. The van der Waals surface area contributed by atoms with Gasteiger partial charge in [-0.1, -0.05) is 11.3 Å². The molecule has 2 amide bonds. The second kappa shape index (κ2) is 7.78. The summed E-state index contributed by atoms with van der Waals surface area (Å²) in [6.45, 7) is 0.406. The SMILES string of the molecule is COc1cc(-c2nnc(NC(=O)C3CC(=O)N(C)C3)s2)cc(OC)c1OC. The van der Waals surface area contributed by atoms with Gasteiger partial charge in [0.2, 0.25) is 22.7 Å². The van der Waals surface area contributed by atoms with Gasteiger partial charge in [-0.05, 0) is 12.1 Å². The maximum atomic E-state index is 12.3. The van der Waals surface area contributed by atoms with Crippen molar-refractivity contribution in [2.24, 2.45) is 5.92 Å². The van der Waals surface area contributed by atoms with Gasteiger partial charge in [-0.3, -0.25) is 9.59 Å². The van der Waals surface area contributed by atoms with E-state index in [1.807, 2.05) is 0 Å². The molecule has 1 aromatic carbocycles. The summed E-state index contributed by atoms with van der Waals surface area (Å²) < 4.78 is 16.0. The lowest BCUT2D eigenvalue weighted by molar-refractivity contribution is -0.127. The first-order valence-corrected chi connectivity index (χ1v) is 8.97. The third kappa shape index (κ3) is 3.80. The first-order chi connectivity index (χ1) is 13.0. The van der Waals surface area contributed by atoms with Gasteiger partial charge < -0.3 is 24.4 Å². The molecule has 2 aromatic rings. The number of carbonyl (C=O) groups is 2. The molecular formula is C17H20N4O5S. The van der Waals surface area contributed by atoms with E-state index in [1.54, 1.807) is 24.1 Å². The standard InChI is InChI=1S/C17H20N4O5S/c1-21-8-10(7-13(21)22)15(23)18-17-20-19-16(27-17)9-5-11(24-2)14(26-4)12(6-9)25-3/h5-6,10H,7-8H2,1-4H3,(H,18,20,23). The zero-order valence-corrected chi connectivity index (χ0v) is 16.3. The minimum atomic E-state index is -0.379. The molecule has 1 saturated heterocycles. The van der Waals surface area contributed by atoms with Gasteiger partial charge in [-0.15, -0.1) is 10.2 Å². The van der Waals surface area contributed by atoms with Gasteiger partial charge in [0.25, 0.3) is 0 Å². The van der Waals surface area contributed by atoms with E-state index in [-0.39, 0.29) is 24.2 Å². The molecule has 0 spiro atoms. The maximum Gasteiger partial charge on any atom is 0.231 e. The summed E-state index contributed by atoms with van der Waals surface area (Å²) in [5.74, 6) is 0.832. The molecule has 0 aliphatic carbocycles. The number of hydrogen-bond acceptors (Lipinski definition) is 8. The normalized spacial score (nSPS) is 16.4. The van der Waals surface area contributed by atoms with E-state index in [0.717, 1.165) is 5.56 Å². The van der Waals surface area contributed by atoms with Crippen molar-refractivity contribution in [2.75, 3.05) is 40.2 Å². The second-order valence-corrected chi connectivity index (χ2v) is 6.97. The van der Waals surface area contributed by atoms with Crippen molar-refractivity contribution in [3.63, 3.8) is 0 Å². The Morgan fingerprint density at radius 2 is 1.85 bits per heavy atom. The van der Waals surface area contributed by atoms with E-state index < -0.39 is 0 Å². The fourth-order valence-electron chi connectivity index (χ4n) is 2.84. The number of methoxy groups -OCH3 is 3. The van der Waals surface area contributed by atoms with Crippen LogP contribution >= 0.6 is 11.3 Å². The number of aromatic nitrogens is 2. The van der Waals surface area contributed by atoms with E-state index in [0.29, 0.717) is 33.9 Å². The van der Waals surface area contributed by atoms with Gasteiger partial charge in [-0.25, -0.2) is 0 Å². The molecule has 1 aliphatic heterocycles. The van der Waals surface area contributed by atoms with Crippen LogP contribution in [0.2, 0.25) is 0 Å². The summed E-state index contributed by atoms with van der Waals surface area (Å²) in [6.07, 6.45) is 0.209. The molecule has 144 valence electrons. The van der Waals surface area contributed by atoms with E-state index in [9.17, 15) is 9.59 Å². The smallest absolute Gasteiger partial charge is 0.231 e. The number of rotatable bonds is 6. The van der Waals surface area contributed by atoms with Gasteiger partial charge in [0.15, 0.2) is 11.5 Å². The van der Waals surface area contributed by atoms with Crippen LogP contribution in [0.3, 0.4) is 0 Å². The molecule has 2 heterocycles. The number of amides is 2. The Balaban J connectivity index is 1.79. The molecule has 0 bridgehead atoms.